The minimum absolute atomic E-state index is 0.0400. The van der Waals surface area contributed by atoms with Crippen LogP contribution in [0.1, 0.15) is 323 Å². The molecule has 0 saturated carbocycles. The minimum Gasteiger partial charge on any atom is -0.456 e. The van der Waals surface area contributed by atoms with Gasteiger partial charge < -0.3 is 19.4 Å². The van der Waals surface area contributed by atoms with Crippen molar-refractivity contribution in [3.05, 3.63) is 48.6 Å². The molecular formula is C68H130N2O7P+. The standard InChI is InChI=1S/C68H129N2O7P/c1-7-10-13-16-19-22-25-28-30-32-34-35-37-39-41-43-46-49-52-55-58-61-68(72)77-66(59-56-53-50-47-44-27-24-21-18-15-12-9-3)65(64-76-78(73,74)75-63-62-70(4,5)6)69-67(71)60-57-54-51-48-45-42-40-38-36-33-31-29-26-23-20-17-14-11-8-2/h20,23,28-31,56,59,65-66H,7-19,21-22,24-27,32-55,57-58,60-64H2,1-6H3,(H-,69,71,73,74)/p+1/b23-20-,30-28+,31-29-,59-56+. The maximum Gasteiger partial charge on any atom is 0.472 e. The Bertz CT molecular complexity index is 1470. The van der Waals surface area contributed by atoms with Gasteiger partial charge in [0, 0.05) is 12.8 Å². The number of carbonyl (C=O) groups is 2. The number of allylic oxidation sites excluding steroid dienone is 7. The number of unbranched alkanes of at least 4 members (excludes halogenated alkanes) is 39. The number of hydrogen-bond acceptors (Lipinski definition) is 6. The van der Waals surface area contributed by atoms with E-state index in [0.717, 1.165) is 64.2 Å². The van der Waals surface area contributed by atoms with Crippen molar-refractivity contribution < 1.29 is 37.3 Å². The van der Waals surface area contributed by atoms with E-state index in [4.69, 9.17) is 13.8 Å². The highest BCUT2D eigenvalue weighted by Gasteiger charge is 2.30. The molecule has 2 N–H and O–H groups in total. The highest BCUT2D eigenvalue weighted by Crippen LogP contribution is 2.43. The average Bonchev–Trinajstić information content (AvgIpc) is 3.40. The van der Waals surface area contributed by atoms with Crippen LogP contribution in [0.4, 0.5) is 0 Å². The Kier molecular flexibility index (Phi) is 56.7. The SMILES string of the molecule is CCCCC/C=C\C/C=C\CCCCCCCCCCCC(=O)NC(COP(=O)(O)OCC[N+](C)(C)C)C(/C=C/CCCCCCCCCCCC)OC(=O)CCCCCCCCCCCCC/C=C/CCCCCCCC. The lowest BCUT2D eigenvalue weighted by molar-refractivity contribution is -0.870. The molecule has 9 nitrogen and oxygen atoms in total. The number of phosphoric ester groups is 1. The number of ether oxygens (including phenoxy) is 1. The molecule has 78 heavy (non-hydrogen) atoms. The molecule has 0 heterocycles. The van der Waals surface area contributed by atoms with Crippen LogP contribution in [0.25, 0.3) is 0 Å². The average molecular weight is 1120 g/mol. The van der Waals surface area contributed by atoms with E-state index < -0.39 is 20.0 Å². The molecule has 0 fully saturated rings. The predicted octanol–water partition coefficient (Wildman–Crippen LogP) is 20.8. The number of likely N-dealkylation sites (N-methyl/N-ethyl adjacent to an activating group) is 1. The Morgan fingerprint density at radius 2 is 0.782 bits per heavy atom. The summed E-state index contributed by atoms with van der Waals surface area (Å²) < 4.78 is 30.8. The first-order valence-corrected chi connectivity index (χ1v) is 35.0. The zero-order valence-electron chi connectivity index (χ0n) is 52.4. The number of phosphoric acid groups is 1. The van der Waals surface area contributed by atoms with Gasteiger partial charge in [0.05, 0.1) is 33.8 Å². The normalized spacial score (nSPS) is 13.9. The Morgan fingerprint density at radius 1 is 0.449 bits per heavy atom. The van der Waals surface area contributed by atoms with Gasteiger partial charge in [-0.05, 0) is 89.5 Å². The zero-order valence-corrected chi connectivity index (χ0v) is 53.3. The van der Waals surface area contributed by atoms with Gasteiger partial charge in [-0.15, -0.1) is 0 Å². The molecule has 0 aliphatic carbocycles. The number of nitrogens with one attached hydrogen (secondary N) is 1. The third-order valence-electron chi connectivity index (χ3n) is 15.0. The van der Waals surface area contributed by atoms with Gasteiger partial charge in [-0.2, -0.15) is 0 Å². The molecule has 0 rings (SSSR count). The topological polar surface area (TPSA) is 111 Å². The molecule has 0 spiro atoms. The van der Waals surface area contributed by atoms with Crippen LogP contribution in [0.5, 0.6) is 0 Å². The molecule has 3 atom stereocenters. The van der Waals surface area contributed by atoms with E-state index in [2.05, 4.69) is 62.5 Å². The van der Waals surface area contributed by atoms with Crippen molar-refractivity contribution in [3.63, 3.8) is 0 Å². The van der Waals surface area contributed by atoms with E-state index in [1.165, 1.54) is 225 Å². The van der Waals surface area contributed by atoms with Crippen molar-refractivity contribution >= 4 is 19.7 Å². The largest absolute Gasteiger partial charge is 0.472 e. The van der Waals surface area contributed by atoms with Crippen LogP contribution in [-0.4, -0.2) is 74.3 Å². The Labute approximate surface area is 484 Å². The molecule has 10 heteroatoms. The maximum atomic E-state index is 13.6. The second-order valence-electron chi connectivity index (χ2n) is 24.0. The van der Waals surface area contributed by atoms with E-state index in [-0.39, 0.29) is 25.1 Å². The van der Waals surface area contributed by atoms with Gasteiger partial charge in [0.1, 0.15) is 19.3 Å². The summed E-state index contributed by atoms with van der Waals surface area (Å²) in [5.41, 5.74) is 0. The van der Waals surface area contributed by atoms with Crippen LogP contribution in [0.3, 0.4) is 0 Å². The molecule has 0 aromatic rings. The summed E-state index contributed by atoms with van der Waals surface area (Å²) in [6.07, 6.45) is 72.5. The van der Waals surface area contributed by atoms with Crippen molar-refractivity contribution in [2.24, 2.45) is 0 Å². The third kappa shape index (κ3) is 58.6. The van der Waals surface area contributed by atoms with Crippen LogP contribution in [0.2, 0.25) is 0 Å². The van der Waals surface area contributed by atoms with Crippen molar-refractivity contribution in [1.29, 1.82) is 0 Å². The molecule has 0 radical (unpaired) electrons. The molecule has 0 aromatic heterocycles. The zero-order chi connectivity index (χ0) is 57.2. The summed E-state index contributed by atoms with van der Waals surface area (Å²) >= 11 is 0. The fourth-order valence-corrected chi connectivity index (χ4v) is 10.5. The molecule has 3 unspecified atom stereocenters. The Morgan fingerprint density at radius 3 is 1.19 bits per heavy atom. The first-order valence-electron chi connectivity index (χ1n) is 33.5. The van der Waals surface area contributed by atoms with Crippen molar-refractivity contribution in [2.75, 3.05) is 40.9 Å². The van der Waals surface area contributed by atoms with E-state index in [9.17, 15) is 19.0 Å². The quantitative estimate of drug-likeness (QED) is 0.0205. The first-order chi connectivity index (χ1) is 37.9. The van der Waals surface area contributed by atoms with Gasteiger partial charge in [-0.3, -0.25) is 18.6 Å². The molecule has 0 aliphatic rings. The lowest BCUT2D eigenvalue weighted by Crippen LogP contribution is -2.47. The summed E-state index contributed by atoms with van der Waals surface area (Å²) in [5, 5.41) is 3.07. The third-order valence-corrected chi connectivity index (χ3v) is 16.0. The number of quaternary nitrogens is 1. The second kappa shape index (κ2) is 58.2. The second-order valence-corrected chi connectivity index (χ2v) is 25.4. The van der Waals surface area contributed by atoms with Gasteiger partial charge in [-0.25, -0.2) is 4.57 Å². The molecular weight excluding hydrogens is 988 g/mol. The summed E-state index contributed by atoms with van der Waals surface area (Å²) in [6, 6.07) is -0.850. The van der Waals surface area contributed by atoms with Gasteiger partial charge in [0.25, 0.3) is 0 Å². The molecule has 0 bridgehead atoms. The Balaban J connectivity index is 5.15. The lowest BCUT2D eigenvalue weighted by atomic mass is 10.0. The maximum absolute atomic E-state index is 13.6. The van der Waals surface area contributed by atoms with Crippen molar-refractivity contribution in [1.82, 2.24) is 5.32 Å². The number of amides is 1. The van der Waals surface area contributed by atoms with E-state index >= 15 is 0 Å². The van der Waals surface area contributed by atoms with E-state index in [1.807, 2.05) is 33.3 Å². The highest BCUT2D eigenvalue weighted by atomic mass is 31.2. The van der Waals surface area contributed by atoms with Crippen LogP contribution < -0.4 is 5.32 Å². The van der Waals surface area contributed by atoms with Crippen molar-refractivity contribution in [3.8, 4) is 0 Å². The van der Waals surface area contributed by atoms with Crippen molar-refractivity contribution in [2.45, 2.75) is 335 Å². The first kappa shape index (κ1) is 76.0. The van der Waals surface area contributed by atoms with Crippen LogP contribution in [-0.2, 0) is 27.9 Å². The fourth-order valence-electron chi connectivity index (χ4n) is 9.79. The number of rotatable bonds is 61. The smallest absolute Gasteiger partial charge is 0.456 e. The fraction of sp³-hybridized carbons (Fsp3) is 0.853. The van der Waals surface area contributed by atoms with Gasteiger partial charge >= 0.3 is 13.8 Å². The van der Waals surface area contributed by atoms with Crippen LogP contribution in [0, 0.1) is 0 Å². The van der Waals surface area contributed by atoms with E-state index in [0.29, 0.717) is 23.9 Å². The van der Waals surface area contributed by atoms with Crippen LogP contribution in [0.15, 0.2) is 48.6 Å². The lowest BCUT2D eigenvalue weighted by Gasteiger charge is -2.27. The number of hydrogen-bond donors (Lipinski definition) is 2. The molecule has 0 aromatic carbocycles. The molecule has 0 aliphatic heterocycles. The molecule has 0 saturated heterocycles. The summed E-state index contributed by atoms with van der Waals surface area (Å²) in [7, 11) is 1.50. The summed E-state index contributed by atoms with van der Waals surface area (Å²) in [5.74, 6) is -0.499. The number of carbonyl (C=O) groups excluding carboxylic acids is 2. The number of nitrogens with zero attached hydrogens (tertiary/aromatic N) is 1. The molecule has 1 amide bonds. The van der Waals surface area contributed by atoms with Crippen LogP contribution >= 0.6 is 7.82 Å². The van der Waals surface area contributed by atoms with Gasteiger partial charge in [0.2, 0.25) is 5.91 Å². The molecule has 458 valence electrons. The monoisotopic (exact) mass is 1120 g/mol. The Hall–Kier alpha value is -2.03. The summed E-state index contributed by atoms with van der Waals surface area (Å²) in [6.45, 7) is 7.02. The van der Waals surface area contributed by atoms with Gasteiger partial charge in [-0.1, -0.05) is 269 Å². The van der Waals surface area contributed by atoms with Gasteiger partial charge in [0.15, 0.2) is 0 Å². The summed E-state index contributed by atoms with van der Waals surface area (Å²) in [4.78, 5) is 37.8. The number of esters is 1. The minimum atomic E-state index is -4.45. The highest BCUT2D eigenvalue weighted by molar-refractivity contribution is 7.47. The van der Waals surface area contributed by atoms with E-state index in [1.54, 1.807) is 0 Å². The predicted molar refractivity (Wildman–Crippen MR) is 337 cm³/mol.